The second-order valence-corrected chi connectivity index (χ2v) is 5.29. The van der Waals surface area contributed by atoms with E-state index in [9.17, 15) is 9.59 Å². The summed E-state index contributed by atoms with van der Waals surface area (Å²) < 4.78 is 1.85. The Balaban J connectivity index is 2.43. The Labute approximate surface area is 113 Å². The normalized spacial score (nSPS) is 10.7. The van der Waals surface area contributed by atoms with Gasteiger partial charge in [0.2, 0.25) is 0 Å². The molecule has 0 unspecified atom stereocenters. The van der Waals surface area contributed by atoms with Crippen molar-refractivity contribution in [3.05, 3.63) is 70.9 Å². The molecular weight excluding hydrogens is 256 g/mol. The van der Waals surface area contributed by atoms with Crippen LogP contribution in [0.2, 0.25) is 0 Å². The van der Waals surface area contributed by atoms with E-state index in [4.69, 9.17) is 0 Å². The van der Waals surface area contributed by atoms with Crippen LogP contribution >= 0.6 is 11.3 Å². The highest BCUT2D eigenvalue weighted by Gasteiger charge is 2.08. The first-order valence-electron chi connectivity index (χ1n) is 5.83. The molecule has 92 valence electrons. The minimum atomic E-state index is -0.167. The Hall–Kier alpha value is -2.26. The quantitative estimate of drug-likeness (QED) is 0.402. The van der Waals surface area contributed by atoms with Crippen LogP contribution in [-0.4, -0.2) is 5.78 Å². The van der Waals surface area contributed by atoms with E-state index in [1.54, 1.807) is 23.5 Å². The SMILES string of the molecule is C=CC(=O)c1ccc2sc3ccccc3c(=O)c2c1. The molecule has 1 aromatic heterocycles. The lowest BCUT2D eigenvalue weighted by Crippen LogP contribution is -2.02. The molecule has 3 heteroatoms. The highest BCUT2D eigenvalue weighted by molar-refractivity contribution is 7.24. The van der Waals surface area contributed by atoms with Crippen LogP contribution in [0.4, 0.5) is 0 Å². The van der Waals surface area contributed by atoms with Crippen molar-refractivity contribution in [3.63, 3.8) is 0 Å². The fourth-order valence-corrected chi connectivity index (χ4v) is 3.13. The summed E-state index contributed by atoms with van der Waals surface area (Å²) in [6, 6.07) is 12.7. The van der Waals surface area contributed by atoms with E-state index in [1.807, 2.05) is 30.3 Å². The van der Waals surface area contributed by atoms with Crippen molar-refractivity contribution < 1.29 is 4.79 Å². The number of hydrogen-bond donors (Lipinski definition) is 0. The summed E-state index contributed by atoms with van der Waals surface area (Å²) in [4.78, 5) is 24.0. The number of allylic oxidation sites excluding steroid dienone is 1. The van der Waals surface area contributed by atoms with Crippen LogP contribution in [0.5, 0.6) is 0 Å². The molecule has 0 saturated carbocycles. The molecule has 2 aromatic carbocycles. The Morgan fingerprint density at radius 1 is 1.05 bits per heavy atom. The van der Waals surface area contributed by atoms with Gasteiger partial charge in [-0.05, 0) is 36.4 Å². The smallest absolute Gasteiger partial charge is 0.195 e. The van der Waals surface area contributed by atoms with Crippen LogP contribution in [0.3, 0.4) is 0 Å². The predicted molar refractivity (Wildman–Crippen MR) is 80.1 cm³/mol. The maximum atomic E-state index is 12.4. The van der Waals surface area contributed by atoms with Gasteiger partial charge in [-0.2, -0.15) is 0 Å². The third-order valence-electron chi connectivity index (χ3n) is 3.05. The lowest BCUT2D eigenvalue weighted by molar-refractivity contribution is 0.104. The third-order valence-corrected chi connectivity index (χ3v) is 4.20. The van der Waals surface area contributed by atoms with Crippen molar-refractivity contribution in [2.45, 2.75) is 0 Å². The number of fused-ring (bicyclic) bond motifs is 2. The topological polar surface area (TPSA) is 34.1 Å². The summed E-state index contributed by atoms with van der Waals surface area (Å²) in [5, 5.41) is 1.29. The van der Waals surface area contributed by atoms with Gasteiger partial charge >= 0.3 is 0 Å². The molecule has 0 aliphatic heterocycles. The van der Waals surface area contributed by atoms with Gasteiger partial charge in [-0.15, -0.1) is 11.3 Å². The Morgan fingerprint density at radius 2 is 1.79 bits per heavy atom. The second-order valence-electron chi connectivity index (χ2n) is 4.21. The van der Waals surface area contributed by atoms with Gasteiger partial charge in [-0.3, -0.25) is 9.59 Å². The van der Waals surface area contributed by atoms with Crippen LogP contribution in [0.15, 0.2) is 59.9 Å². The molecule has 3 rings (SSSR count). The van der Waals surface area contributed by atoms with E-state index in [2.05, 4.69) is 6.58 Å². The molecule has 0 atom stereocenters. The van der Waals surface area contributed by atoms with E-state index in [1.165, 1.54) is 6.08 Å². The van der Waals surface area contributed by atoms with Crippen LogP contribution in [0, 0.1) is 0 Å². The first kappa shape index (κ1) is 11.8. The number of benzene rings is 2. The predicted octanol–water partition coefficient (Wildman–Crippen LogP) is 3.78. The highest BCUT2D eigenvalue weighted by Crippen LogP contribution is 2.25. The number of carbonyl (C=O) groups excluding carboxylic acids is 1. The molecule has 0 aliphatic carbocycles. The monoisotopic (exact) mass is 266 g/mol. The first-order valence-corrected chi connectivity index (χ1v) is 6.65. The van der Waals surface area contributed by atoms with Gasteiger partial charge in [0.05, 0.1) is 0 Å². The van der Waals surface area contributed by atoms with Crippen molar-refractivity contribution in [2.75, 3.05) is 0 Å². The van der Waals surface area contributed by atoms with E-state index < -0.39 is 0 Å². The van der Waals surface area contributed by atoms with E-state index in [-0.39, 0.29) is 11.2 Å². The van der Waals surface area contributed by atoms with Crippen molar-refractivity contribution in [1.29, 1.82) is 0 Å². The Morgan fingerprint density at radius 3 is 2.58 bits per heavy atom. The summed E-state index contributed by atoms with van der Waals surface area (Å²) in [6.07, 6.45) is 1.26. The molecule has 0 aliphatic rings. The number of rotatable bonds is 2. The van der Waals surface area contributed by atoms with E-state index >= 15 is 0 Å². The number of hydrogen-bond acceptors (Lipinski definition) is 3. The molecular formula is C16H10O2S. The highest BCUT2D eigenvalue weighted by atomic mass is 32.1. The minimum Gasteiger partial charge on any atom is -0.289 e. The van der Waals surface area contributed by atoms with Gasteiger partial charge in [-0.25, -0.2) is 0 Å². The summed E-state index contributed by atoms with van der Waals surface area (Å²) >= 11 is 1.56. The van der Waals surface area contributed by atoms with Gasteiger partial charge in [0.15, 0.2) is 11.2 Å². The molecule has 0 spiro atoms. The third kappa shape index (κ3) is 1.88. The van der Waals surface area contributed by atoms with Gasteiger partial charge in [0.1, 0.15) is 0 Å². The summed E-state index contributed by atoms with van der Waals surface area (Å²) in [5.41, 5.74) is 0.477. The lowest BCUT2D eigenvalue weighted by Gasteiger charge is -2.02. The average Bonchev–Trinajstić information content (AvgIpc) is 2.46. The molecule has 0 N–H and O–H groups in total. The molecule has 19 heavy (non-hydrogen) atoms. The van der Waals surface area contributed by atoms with Gasteiger partial charge in [-0.1, -0.05) is 18.7 Å². The standard InChI is InChI=1S/C16H10O2S/c1-2-13(17)10-7-8-15-12(9-10)16(18)11-5-3-4-6-14(11)19-15/h2-9H,1H2. The number of ketones is 1. The van der Waals surface area contributed by atoms with Gasteiger partial charge in [0, 0.05) is 25.7 Å². The Bertz CT molecular complexity index is 875. The van der Waals surface area contributed by atoms with Crippen LogP contribution in [0.1, 0.15) is 10.4 Å². The van der Waals surface area contributed by atoms with Crippen molar-refractivity contribution in [1.82, 2.24) is 0 Å². The van der Waals surface area contributed by atoms with E-state index in [0.29, 0.717) is 16.3 Å². The van der Waals surface area contributed by atoms with E-state index in [0.717, 1.165) is 9.40 Å². The molecule has 2 nitrogen and oxygen atoms in total. The fourth-order valence-electron chi connectivity index (χ4n) is 2.07. The van der Waals surface area contributed by atoms with Crippen LogP contribution in [-0.2, 0) is 0 Å². The summed E-state index contributed by atoms with van der Waals surface area (Å²) in [6.45, 7) is 3.46. The zero-order valence-corrected chi connectivity index (χ0v) is 10.9. The molecule has 3 aromatic rings. The zero-order chi connectivity index (χ0) is 13.4. The largest absolute Gasteiger partial charge is 0.289 e. The van der Waals surface area contributed by atoms with Crippen molar-refractivity contribution >= 4 is 37.3 Å². The summed E-state index contributed by atoms with van der Waals surface area (Å²) in [7, 11) is 0. The first-order chi connectivity index (χ1) is 9.20. The molecule has 1 heterocycles. The molecule has 0 radical (unpaired) electrons. The van der Waals surface area contributed by atoms with Crippen LogP contribution in [0.25, 0.3) is 20.2 Å². The molecule has 0 fully saturated rings. The second kappa shape index (κ2) is 4.44. The lowest BCUT2D eigenvalue weighted by atomic mass is 10.1. The summed E-state index contributed by atoms with van der Waals surface area (Å²) in [5.74, 6) is -0.167. The molecule has 0 bridgehead atoms. The average molecular weight is 266 g/mol. The maximum Gasteiger partial charge on any atom is 0.195 e. The fraction of sp³-hybridized carbons (Fsp3) is 0. The van der Waals surface area contributed by atoms with Crippen LogP contribution < -0.4 is 5.43 Å². The molecule has 0 amide bonds. The van der Waals surface area contributed by atoms with Gasteiger partial charge < -0.3 is 0 Å². The Kier molecular flexibility index (Phi) is 2.76. The van der Waals surface area contributed by atoms with Gasteiger partial charge in [0.25, 0.3) is 0 Å². The molecule has 0 saturated heterocycles. The zero-order valence-electron chi connectivity index (χ0n) is 10.1. The van der Waals surface area contributed by atoms with Crippen molar-refractivity contribution in [3.8, 4) is 0 Å². The van der Waals surface area contributed by atoms with Crippen molar-refractivity contribution in [2.24, 2.45) is 0 Å². The minimum absolute atomic E-state index is 0.0249. The number of carbonyl (C=O) groups is 1. The maximum absolute atomic E-state index is 12.4.